The fraction of sp³-hybridized carbons (Fsp3) is 0.476. The molecular formula is C21H30N4OS. The number of thiophene rings is 1. The Kier molecular flexibility index (Phi) is 7.54. The van der Waals surface area contributed by atoms with Crippen molar-refractivity contribution < 1.29 is 4.74 Å². The molecule has 2 heterocycles. The van der Waals surface area contributed by atoms with Crippen LogP contribution >= 0.6 is 11.3 Å². The Balaban J connectivity index is 1.35. The van der Waals surface area contributed by atoms with Gasteiger partial charge >= 0.3 is 0 Å². The van der Waals surface area contributed by atoms with Gasteiger partial charge in [0, 0.05) is 31.6 Å². The number of nitrogens with one attached hydrogen (secondary N) is 2. The van der Waals surface area contributed by atoms with Crippen molar-refractivity contribution in [2.75, 3.05) is 33.8 Å². The van der Waals surface area contributed by atoms with Crippen LogP contribution in [0.25, 0.3) is 0 Å². The maximum atomic E-state index is 5.20. The molecule has 0 atom stereocenters. The number of benzene rings is 1. The van der Waals surface area contributed by atoms with E-state index in [2.05, 4.69) is 50.2 Å². The second kappa shape index (κ2) is 10.3. The highest BCUT2D eigenvalue weighted by Crippen LogP contribution is 2.20. The van der Waals surface area contributed by atoms with Crippen LogP contribution in [0.5, 0.6) is 5.75 Å². The zero-order valence-corrected chi connectivity index (χ0v) is 17.1. The molecule has 0 amide bonds. The molecule has 0 spiro atoms. The van der Waals surface area contributed by atoms with E-state index in [1.165, 1.54) is 36.4 Å². The Morgan fingerprint density at radius 3 is 2.59 bits per heavy atom. The number of hydrogen-bond acceptors (Lipinski definition) is 4. The summed E-state index contributed by atoms with van der Waals surface area (Å²) in [6.45, 7) is 5.20. The molecule has 0 saturated carbocycles. The van der Waals surface area contributed by atoms with Crippen LogP contribution in [0.15, 0.2) is 46.8 Å². The van der Waals surface area contributed by atoms with Gasteiger partial charge in [-0.15, -0.1) is 11.3 Å². The quantitative estimate of drug-likeness (QED) is 0.566. The molecule has 2 N–H and O–H groups in total. The molecule has 27 heavy (non-hydrogen) atoms. The number of hydrogen-bond donors (Lipinski definition) is 2. The minimum absolute atomic E-state index is 0.712. The first-order valence-corrected chi connectivity index (χ1v) is 10.5. The van der Waals surface area contributed by atoms with Gasteiger partial charge in [-0.2, -0.15) is 0 Å². The number of aliphatic imine (C=N–C) groups is 1. The molecule has 146 valence electrons. The average Bonchev–Trinajstić information content (AvgIpc) is 3.23. The molecule has 0 unspecified atom stereocenters. The van der Waals surface area contributed by atoms with Gasteiger partial charge in [-0.05, 0) is 61.0 Å². The van der Waals surface area contributed by atoms with E-state index in [1.807, 2.05) is 30.5 Å². The van der Waals surface area contributed by atoms with Crippen molar-refractivity contribution >= 4 is 17.3 Å². The van der Waals surface area contributed by atoms with E-state index in [4.69, 9.17) is 4.74 Å². The molecule has 1 aromatic heterocycles. The van der Waals surface area contributed by atoms with Crippen LogP contribution in [-0.2, 0) is 13.1 Å². The molecule has 1 saturated heterocycles. The Hall–Kier alpha value is -2.05. The minimum Gasteiger partial charge on any atom is -0.497 e. The number of guanidine groups is 1. The zero-order valence-electron chi connectivity index (χ0n) is 16.3. The molecule has 5 nitrogen and oxygen atoms in total. The SMILES string of the molecule is CN=C(NCc1ccc(OC)cc1)NCC1CCN(Cc2cccs2)CC1. The number of piperidine rings is 1. The molecule has 1 fully saturated rings. The minimum atomic E-state index is 0.712. The lowest BCUT2D eigenvalue weighted by molar-refractivity contribution is 0.179. The topological polar surface area (TPSA) is 48.9 Å². The second-order valence-electron chi connectivity index (χ2n) is 6.95. The van der Waals surface area contributed by atoms with Crippen LogP contribution in [-0.4, -0.2) is 44.7 Å². The number of nitrogens with zero attached hydrogens (tertiary/aromatic N) is 2. The predicted octanol–water partition coefficient (Wildman–Crippen LogP) is 3.33. The molecule has 0 radical (unpaired) electrons. The Labute approximate surface area is 166 Å². The molecular weight excluding hydrogens is 356 g/mol. The molecule has 2 aromatic rings. The molecule has 3 rings (SSSR count). The first-order chi connectivity index (χ1) is 13.3. The molecule has 0 aliphatic carbocycles. The molecule has 6 heteroatoms. The number of likely N-dealkylation sites (tertiary alicyclic amines) is 1. The maximum absolute atomic E-state index is 5.20. The van der Waals surface area contributed by atoms with E-state index < -0.39 is 0 Å². The standard InChI is InChI=1S/C21H30N4OS/c1-22-21(23-14-17-5-7-19(26-2)8-6-17)24-15-18-9-11-25(12-10-18)16-20-4-3-13-27-20/h3-8,13,18H,9-12,14-16H2,1-2H3,(H2,22,23,24). The van der Waals surface area contributed by atoms with E-state index in [0.29, 0.717) is 5.92 Å². The van der Waals surface area contributed by atoms with Crippen molar-refractivity contribution in [3.05, 3.63) is 52.2 Å². The summed E-state index contributed by atoms with van der Waals surface area (Å²) >= 11 is 1.86. The van der Waals surface area contributed by atoms with Crippen LogP contribution in [0.1, 0.15) is 23.3 Å². The summed E-state index contributed by atoms with van der Waals surface area (Å²) in [7, 11) is 3.51. The lowest BCUT2D eigenvalue weighted by atomic mass is 9.97. The highest BCUT2D eigenvalue weighted by atomic mass is 32.1. The summed E-state index contributed by atoms with van der Waals surface area (Å²) in [6.07, 6.45) is 2.49. The summed E-state index contributed by atoms with van der Waals surface area (Å²) in [4.78, 5) is 8.38. The summed E-state index contributed by atoms with van der Waals surface area (Å²) < 4.78 is 5.20. The van der Waals surface area contributed by atoms with E-state index in [0.717, 1.165) is 31.3 Å². The summed E-state index contributed by atoms with van der Waals surface area (Å²) in [6, 6.07) is 12.5. The third kappa shape index (κ3) is 6.26. The molecule has 1 aliphatic rings. The summed E-state index contributed by atoms with van der Waals surface area (Å²) in [5.41, 5.74) is 1.21. The number of methoxy groups -OCH3 is 1. The molecule has 1 aromatic carbocycles. The van der Waals surface area contributed by atoms with Gasteiger partial charge in [-0.25, -0.2) is 0 Å². The molecule has 1 aliphatic heterocycles. The van der Waals surface area contributed by atoms with Crippen molar-refractivity contribution in [2.45, 2.75) is 25.9 Å². The largest absolute Gasteiger partial charge is 0.497 e. The van der Waals surface area contributed by atoms with Crippen molar-refractivity contribution in [2.24, 2.45) is 10.9 Å². The first-order valence-electron chi connectivity index (χ1n) is 9.59. The Morgan fingerprint density at radius 1 is 1.19 bits per heavy atom. The van der Waals surface area contributed by atoms with Gasteiger partial charge in [0.15, 0.2) is 5.96 Å². The third-order valence-corrected chi connectivity index (χ3v) is 5.93. The lowest BCUT2D eigenvalue weighted by Gasteiger charge is -2.32. The smallest absolute Gasteiger partial charge is 0.191 e. The normalized spacial score (nSPS) is 16.3. The van der Waals surface area contributed by atoms with Gasteiger partial charge in [-0.3, -0.25) is 9.89 Å². The predicted molar refractivity (Wildman–Crippen MR) is 114 cm³/mol. The first kappa shape index (κ1) is 19.7. The highest BCUT2D eigenvalue weighted by Gasteiger charge is 2.19. The van der Waals surface area contributed by atoms with Gasteiger partial charge in [0.05, 0.1) is 7.11 Å². The van der Waals surface area contributed by atoms with Crippen LogP contribution < -0.4 is 15.4 Å². The van der Waals surface area contributed by atoms with Gasteiger partial charge in [0.2, 0.25) is 0 Å². The van der Waals surface area contributed by atoms with Crippen LogP contribution in [0.2, 0.25) is 0 Å². The van der Waals surface area contributed by atoms with Crippen molar-refractivity contribution in [1.82, 2.24) is 15.5 Å². The van der Waals surface area contributed by atoms with Crippen molar-refractivity contribution in [3.8, 4) is 5.75 Å². The van der Waals surface area contributed by atoms with E-state index in [-0.39, 0.29) is 0 Å². The third-order valence-electron chi connectivity index (χ3n) is 5.07. The fourth-order valence-electron chi connectivity index (χ4n) is 3.36. The van der Waals surface area contributed by atoms with E-state index in [1.54, 1.807) is 7.11 Å². The lowest BCUT2D eigenvalue weighted by Crippen LogP contribution is -2.42. The Morgan fingerprint density at radius 2 is 1.96 bits per heavy atom. The monoisotopic (exact) mass is 386 g/mol. The molecule has 0 bridgehead atoms. The average molecular weight is 387 g/mol. The summed E-state index contributed by atoms with van der Waals surface area (Å²) in [5.74, 6) is 2.46. The number of ether oxygens (including phenoxy) is 1. The van der Waals surface area contributed by atoms with Crippen LogP contribution in [0.4, 0.5) is 0 Å². The van der Waals surface area contributed by atoms with Crippen LogP contribution in [0.3, 0.4) is 0 Å². The van der Waals surface area contributed by atoms with Gasteiger partial charge in [0.1, 0.15) is 5.75 Å². The Bertz CT molecular complexity index is 691. The van der Waals surface area contributed by atoms with E-state index >= 15 is 0 Å². The van der Waals surface area contributed by atoms with Crippen LogP contribution in [0, 0.1) is 5.92 Å². The zero-order chi connectivity index (χ0) is 18.9. The van der Waals surface area contributed by atoms with Gasteiger partial charge in [0.25, 0.3) is 0 Å². The van der Waals surface area contributed by atoms with Gasteiger partial charge < -0.3 is 15.4 Å². The maximum Gasteiger partial charge on any atom is 0.191 e. The van der Waals surface area contributed by atoms with Gasteiger partial charge in [-0.1, -0.05) is 18.2 Å². The van der Waals surface area contributed by atoms with Crippen molar-refractivity contribution in [3.63, 3.8) is 0 Å². The summed E-state index contributed by atoms with van der Waals surface area (Å²) in [5, 5.41) is 9.04. The van der Waals surface area contributed by atoms with E-state index in [9.17, 15) is 0 Å². The van der Waals surface area contributed by atoms with Crippen molar-refractivity contribution in [1.29, 1.82) is 0 Å². The second-order valence-corrected chi connectivity index (χ2v) is 7.99. The highest BCUT2D eigenvalue weighted by molar-refractivity contribution is 7.09. The fourth-order valence-corrected chi connectivity index (χ4v) is 4.11. The number of rotatable bonds is 7.